The fraction of sp³-hybridized carbons (Fsp3) is 0.900. The summed E-state index contributed by atoms with van der Waals surface area (Å²) in [5, 5.41) is 23.3. The molecular weight excluding hydrogens is 1050 g/mol. The van der Waals surface area contributed by atoms with Gasteiger partial charge in [-0.05, 0) is 83.5 Å². The highest BCUT2D eigenvalue weighted by Crippen LogP contribution is 2.19. The minimum absolute atomic E-state index is 0.0130. The van der Waals surface area contributed by atoms with E-state index in [1.54, 1.807) is 6.08 Å². The maximum atomic E-state index is 12.6. The van der Waals surface area contributed by atoms with Crippen molar-refractivity contribution >= 4 is 11.9 Å². The molecule has 508 valence electrons. The number of carbonyl (C=O) groups excluding carboxylic acids is 2. The summed E-state index contributed by atoms with van der Waals surface area (Å²) < 4.78 is 5.51. The van der Waals surface area contributed by atoms with Crippen molar-refractivity contribution in [1.29, 1.82) is 0 Å². The predicted molar refractivity (Wildman–Crippen MR) is 379 cm³/mol. The van der Waals surface area contributed by atoms with E-state index in [9.17, 15) is 19.8 Å². The molecule has 0 radical (unpaired) electrons. The van der Waals surface area contributed by atoms with Crippen molar-refractivity contribution < 1.29 is 24.5 Å². The predicted octanol–water partition coefficient (Wildman–Crippen LogP) is 25.8. The lowest BCUT2D eigenvalue weighted by Gasteiger charge is -2.20. The topological polar surface area (TPSA) is 95.9 Å². The average molecular weight is 1210 g/mol. The monoisotopic (exact) mass is 1210 g/mol. The van der Waals surface area contributed by atoms with Gasteiger partial charge >= 0.3 is 5.97 Å². The number of carbonyl (C=O) groups is 2. The summed E-state index contributed by atoms with van der Waals surface area (Å²) in [5.74, 6) is -0.0502. The largest absolute Gasteiger partial charge is 0.466 e. The second kappa shape index (κ2) is 75.5. The molecule has 0 rings (SSSR count). The average Bonchev–Trinajstić information content (AvgIpc) is 3.53. The van der Waals surface area contributed by atoms with Gasteiger partial charge in [-0.25, -0.2) is 0 Å². The van der Waals surface area contributed by atoms with Crippen LogP contribution in [0.3, 0.4) is 0 Å². The highest BCUT2D eigenvalue weighted by atomic mass is 16.5. The Morgan fingerprint density at radius 2 is 0.547 bits per heavy atom. The molecule has 0 saturated carbocycles. The first kappa shape index (κ1) is 84.1. The number of aliphatic hydroxyl groups is 2. The SMILES string of the molecule is CCCCCCCC/C=C\CCCCCCCCCC(=O)OCCCCCCCCCCCCCC/C=C\CCCCCCCCCCCCCCC(=O)NC(CO)C(O)/C=C/CCCCCCCCCCCCCCCCCCCCCCCC. The summed E-state index contributed by atoms with van der Waals surface area (Å²) in [6, 6.07) is -0.630. The molecule has 2 atom stereocenters. The molecule has 0 aromatic heterocycles. The zero-order valence-corrected chi connectivity index (χ0v) is 58.3. The Bertz CT molecular complexity index is 1390. The molecule has 0 saturated heterocycles. The van der Waals surface area contributed by atoms with Gasteiger partial charge in [0.1, 0.15) is 0 Å². The van der Waals surface area contributed by atoms with Gasteiger partial charge in [0, 0.05) is 12.8 Å². The lowest BCUT2D eigenvalue weighted by atomic mass is 10.0. The number of ether oxygens (including phenoxy) is 1. The number of unbranched alkanes of at least 4 members (excludes halogenated alkanes) is 59. The Labute approximate surface area is 538 Å². The highest BCUT2D eigenvalue weighted by Gasteiger charge is 2.18. The number of esters is 1. The maximum Gasteiger partial charge on any atom is 0.305 e. The molecule has 6 heteroatoms. The minimum atomic E-state index is -0.846. The first-order valence-corrected chi connectivity index (χ1v) is 39.3. The Kier molecular flexibility index (Phi) is 73.9. The summed E-state index contributed by atoms with van der Waals surface area (Å²) in [6.45, 7) is 4.94. The van der Waals surface area contributed by atoms with Gasteiger partial charge in [0.15, 0.2) is 0 Å². The van der Waals surface area contributed by atoms with Crippen LogP contribution in [0.1, 0.15) is 438 Å². The Morgan fingerprint density at radius 1 is 0.314 bits per heavy atom. The van der Waals surface area contributed by atoms with Gasteiger partial charge in [0.05, 0.1) is 25.4 Å². The summed E-state index contributed by atoms with van der Waals surface area (Å²) in [7, 11) is 0. The first-order chi connectivity index (χ1) is 42.5. The van der Waals surface area contributed by atoms with Crippen LogP contribution in [0.2, 0.25) is 0 Å². The van der Waals surface area contributed by atoms with E-state index < -0.39 is 12.1 Å². The molecule has 0 aromatic rings. The van der Waals surface area contributed by atoms with Crippen LogP contribution >= 0.6 is 0 Å². The summed E-state index contributed by atoms with van der Waals surface area (Å²) >= 11 is 0. The van der Waals surface area contributed by atoms with E-state index in [0.717, 1.165) is 44.9 Å². The zero-order chi connectivity index (χ0) is 62.0. The van der Waals surface area contributed by atoms with E-state index in [2.05, 4.69) is 43.5 Å². The Morgan fingerprint density at radius 3 is 0.826 bits per heavy atom. The quantitative estimate of drug-likeness (QED) is 0.0320. The van der Waals surface area contributed by atoms with Crippen LogP contribution in [-0.4, -0.2) is 47.4 Å². The van der Waals surface area contributed by atoms with Crippen molar-refractivity contribution in [3.05, 3.63) is 36.5 Å². The van der Waals surface area contributed by atoms with Crippen LogP contribution in [0, 0.1) is 0 Å². The molecule has 0 bridgehead atoms. The van der Waals surface area contributed by atoms with Crippen LogP contribution in [0.25, 0.3) is 0 Å². The number of amides is 1. The molecule has 1 amide bonds. The smallest absolute Gasteiger partial charge is 0.305 e. The first-order valence-electron chi connectivity index (χ1n) is 39.3. The fourth-order valence-electron chi connectivity index (χ4n) is 12.4. The van der Waals surface area contributed by atoms with Crippen LogP contribution in [0.5, 0.6) is 0 Å². The van der Waals surface area contributed by atoms with Gasteiger partial charge in [-0.2, -0.15) is 0 Å². The number of aliphatic hydroxyl groups excluding tert-OH is 2. The summed E-state index contributed by atoms with van der Waals surface area (Å²) in [5.41, 5.74) is 0. The van der Waals surface area contributed by atoms with Crippen LogP contribution in [0.15, 0.2) is 36.5 Å². The second-order valence-corrected chi connectivity index (χ2v) is 27.0. The molecule has 0 spiro atoms. The van der Waals surface area contributed by atoms with Crippen molar-refractivity contribution in [2.45, 2.75) is 450 Å². The van der Waals surface area contributed by atoms with Crippen molar-refractivity contribution in [2.75, 3.05) is 13.2 Å². The van der Waals surface area contributed by atoms with Gasteiger partial charge in [0.25, 0.3) is 0 Å². The number of hydrogen-bond donors (Lipinski definition) is 3. The number of allylic oxidation sites excluding steroid dienone is 5. The van der Waals surface area contributed by atoms with E-state index in [-0.39, 0.29) is 18.5 Å². The molecule has 3 N–H and O–H groups in total. The van der Waals surface area contributed by atoms with E-state index >= 15 is 0 Å². The van der Waals surface area contributed by atoms with Crippen LogP contribution in [0.4, 0.5) is 0 Å². The van der Waals surface area contributed by atoms with Crippen LogP contribution < -0.4 is 5.32 Å². The van der Waals surface area contributed by atoms with E-state index in [0.29, 0.717) is 19.4 Å². The summed E-state index contributed by atoms with van der Waals surface area (Å²) in [6.07, 6.45) is 98.3. The van der Waals surface area contributed by atoms with E-state index in [4.69, 9.17) is 4.74 Å². The lowest BCUT2D eigenvalue weighted by Crippen LogP contribution is -2.45. The van der Waals surface area contributed by atoms with Crippen molar-refractivity contribution in [2.24, 2.45) is 0 Å². The van der Waals surface area contributed by atoms with Crippen LogP contribution in [-0.2, 0) is 14.3 Å². The molecule has 0 aliphatic rings. The third-order valence-corrected chi connectivity index (χ3v) is 18.4. The number of rotatable bonds is 74. The number of hydrogen-bond acceptors (Lipinski definition) is 5. The molecule has 0 aliphatic heterocycles. The van der Waals surface area contributed by atoms with Gasteiger partial charge in [0.2, 0.25) is 5.91 Å². The highest BCUT2D eigenvalue weighted by molar-refractivity contribution is 5.76. The molecule has 2 unspecified atom stereocenters. The standard InChI is InChI=1S/C80H153NO5/c1-3-5-7-9-11-13-15-17-19-21-22-23-24-31-34-37-41-44-48-52-56-60-64-68-72-78(83)77(76-82)81-79(84)73-69-65-61-57-53-49-45-42-38-35-32-29-27-25-26-28-30-33-36-39-43-47-51-55-59-63-67-71-75-86-80(85)74-70-66-62-58-54-50-46-40-20-18-16-14-12-10-8-6-4-2/h18,20,25-26,68,72,77-78,82-83H,3-17,19,21-24,27-67,69-71,73-76H2,1-2H3,(H,81,84)/b20-18-,26-25-,72-68+. The van der Waals surface area contributed by atoms with Gasteiger partial charge < -0.3 is 20.3 Å². The minimum Gasteiger partial charge on any atom is -0.466 e. The molecule has 6 nitrogen and oxygen atoms in total. The van der Waals surface area contributed by atoms with E-state index in [1.807, 2.05) is 6.08 Å². The molecule has 0 aromatic carbocycles. The Balaban J connectivity index is 3.40. The van der Waals surface area contributed by atoms with Crippen molar-refractivity contribution in [3.8, 4) is 0 Å². The Hall–Kier alpha value is -1.92. The molecule has 86 heavy (non-hydrogen) atoms. The summed E-state index contributed by atoms with van der Waals surface area (Å²) in [4.78, 5) is 24.7. The van der Waals surface area contributed by atoms with Gasteiger partial charge in [-0.1, -0.05) is 378 Å². The third kappa shape index (κ3) is 71.2. The molecule has 0 heterocycles. The maximum absolute atomic E-state index is 12.6. The second-order valence-electron chi connectivity index (χ2n) is 27.0. The van der Waals surface area contributed by atoms with Gasteiger partial charge in [-0.3, -0.25) is 9.59 Å². The zero-order valence-electron chi connectivity index (χ0n) is 58.3. The normalized spacial score (nSPS) is 12.7. The molecule has 0 aliphatic carbocycles. The van der Waals surface area contributed by atoms with Gasteiger partial charge in [-0.15, -0.1) is 0 Å². The molecular formula is C80H153NO5. The van der Waals surface area contributed by atoms with E-state index in [1.165, 1.54) is 366 Å². The number of nitrogens with one attached hydrogen (secondary N) is 1. The third-order valence-electron chi connectivity index (χ3n) is 18.4. The van der Waals surface area contributed by atoms with Crippen molar-refractivity contribution in [1.82, 2.24) is 5.32 Å². The fourth-order valence-corrected chi connectivity index (χ4v) is 12.4. The lowest BCUT2D eigenvalue weighted by molar-refractivity contribution is -0.143. The van der Waals surface area contributed by atoms with Crippen molar-refractivity contribution in [3.63, 3.8) is 0 Å². The molecule has 0 fully saturated rings.